The monoisotopic (exact) mass is 342 g/mol. The third-order valence-electron chi connectivity index (χ3n) is 3.54. The Morgan fingerprint density at radius 2 is 2.00 bits per heavy atom. The molecule has 0 aliphatic carbocycles. The van der Waals surface area contributed by atoms with Gasteiger partial charge in [-0.05, 0) is 30.0 Å². The molecule has 0 atom stereocenters. The lowest BCUT2D eigenvalue weighted by Crippen LogP contribution is -2.21. The van der Waals surface area contributed by atoms with Gasteiger partial charge in [-0.1, -0.05) is 25.1 Å². The largest absolute Gasteiger partial charge is 0.421 e. The van der Waals surface area contributed by atoms with Crippen LogP contribution in [0.2, 0.25) is 0 Å². The molecule has 2 aromatic heterocycles. The predicted molar refractivity (Wildman–Crippen MR) is 97.9 cm³/mol. The Bertz CT molecular complexity index is 900. The molecule has 124 valence electrons. The highest BCUT2D eigenvalue weighted by Gasteiger charge is 2.17. The van der Waals surface area contributed by atoms with Crippen molar-refractivity contribution < 1.29 is 9.21 Å². The number of carbonyl (C=O) groups excluding carboxylic acids is 1. The van der Waals surface area contributed by atoms with Crippen LogP contribution in [0.3, 0.4) is 0 Å². The molecular weight excluding hydrogens is 324 g/mol. The zero-order chi connectivity index (χ0) is 16.9. The van der Waals surface area contributed by atoms with Crippen molar-refractivity contribution in [3.63, 3.8) is 0 Å². The number of nitrogens with one attached hydrogen (secondary N) is 2. The summed E-state index contributed by atoms with van der Waals surface area (Å²) in [6.07, 6.45) is 1.13. The van der Waals surface area contributed by atoms with Gasteiger partial charge in [-0.3, -0.25) is 4.79 Å². The Kier molecular flexibility index (Phi) is 4.96. The van der Waals surface area contributed by atoms with Crippen molar-refractivity contribution in [3.8, 4) is 0 Å². The van der Waals surface area contributed by atoms with Crippen LogP contribution < -0.4 is 16.3 Å². The molecule has 5 nitrogen and oxygen atoms in total. The van der Waals surface area contributed by atoms with E-state index in [1.165, 1.54) is 11.3 Å². The Labute approximate surface area is 143 Å². The minimum Gasteiger partial charge on any atom is -0.421 e. The van der Waals surface area contributed by atoms with Gasteiger partial charge in [-0.25, -0.2) is 4.79 Å². The molecule has 3 rings (SSSR count). The predicted octanol–water partition coefficient (Wildman–Crippen LogP) is 3.86. The van der Waals surface area contributed by atoms with E-state index in [-0.39, 0.29) is 18.0 Å². The van der Waals surface area contributed by atoms with Crippen molar-refractivity contribution in [2.75, 3.05) is 17.2 Å². The first kappa shape index (κ1) is 16.3. The van der Waals surface area contributed by atoms with E-state index in [0.717, 1.165) is 16.7 Å². The van der Waals surface area contributed by atoms with Gasteiger partial charge in [0.05, 0.1) is 12.1 Å². The Hall–Kier alpha value is -2.60. The van der Waals surface area contributed by atoms with Gasteiger partial charge in [0.2, 0.25) is 5.91 Å². The van der Waals surface area contributed by atoms with Crippen LogP contribution in [0.5, 0.6) is 0 Å². The fraction of sp³-hybridized carbons (Fsp3) is 0.222. The zero-order valence-electron chi connectivity index (χ0n) is 13.3. The number of benzene rings is 1. The molecule has 2 N–H and O–H groups in total. The molecule has 6 heteroatoms. The van der Waals surface area contributed by atoms with Crippen LogP contribution in [0.25, 0.3) is 11.0 Å². The van der Waals surface area contributed by atoms with Crippen LogP contribution >= 0.6 is 11.3 Å². The molecule has 2 heterocycles. The minimum atomic E-state index is -0.549. The summed E-state index contributed by atoms with van der Waals surface area (Å²) in [5, 5.41) is 8.65. The highest BCUT2D eigenvalue weighted by Crippen LogP contribution is 2.28. The number of fused-ring (bicyclic) bond motifs is 1. The van der Waals surface area contributed by atoms with Gasteiger partial charge >= 0.3 is 5.63 Å². The molecule has 0 spiro atoms. The van der Waals surface area contributed by atoms with E-state index in [2.05, 4.69) is 10.6 Å². The summed E-state index contributed by atoms with van der Waals surface area (Å²) in [4.78, 5) is 25.6. The smallest absolute Gasteiger partial charge is 0.362 e. The van der Waals surface area contributed by atoms with Gasteiger partial charge < -0.3 is 15.1 Å². The highest BCUT2D eigenvalue weighted by molar-refractivity contribution is 7.10. The maximum Gasteiger partial charge on any atom is 0.362 e. The SMILES string of the molecule is CCCNc1c(NC(=O)Cc2cccs2)c(=O)oc2ccccc12. The quantitative estimate of drug-likeness (QED) is 0.667. The van der Waals surface area contributed by atoms with E-state index in [1.807, 2.05) is 42.6 Å². The first-order valence-corrected chi connectivity index (χ1v) is 8.69. The summed E-state index contributed by atoms with van der Waals surface area (Å²) < 4.78 is 5.34. The standard InChI is InChI=1S/C18H18N2O3S/c1-2-9-19-16-13-7-3-4-8-14(13)23-18(22)17(16)20-15(21)11-12-6-5-10-24-12/h3-8,10,19H,2,9,11H2,1H3,(H,20,21). The van der Waals surface area contributed by atoms with Gasteiger partial charge in [0.1, 0.15) is 5.58 Å². The van der Waals surface area contributed by atoms with Gasteiger partial charge in [0, 0.05) is 16.8 Å². The molecule has 0 fully saturated rings. The van der Waals surface area contributed by atoms with Crippen molar-refractivity contribution >= 4 is 39.6 Å². The van der Waals surface area contributed by atoms with Crippen LogP contribution in [0.4, 0.5) is 11.4 Å². The summed E-state index contributed by atoms with van der Waals surface area (Å²) in [6.45, 7) is 2.73. The van der Waals surface area contributed by atoms with Crippen molar-refractivity contribution in [2.45, 2.75) is 19.8 Å². The molecule has 1 amide bonds. The average molecular weight is 342 g/mol. The van der Waals surface area contributed by atoms with Crippen molar-refractivity contribution in [1.82, 2.24) is 0 Å². The van der Waals surface area contributed by atoms with E-state index in [9.17, 15) is 9.59 Å². The number of carbonyl (C=O) groups is 1. The number of hydrogen-bond donors (Lipinski definition) is 2. The fourth-order valence-corrected chi connectivity index (χ4v) is 3.16. The van der Waals surface area contributed by atoms with Crippen molar-refractivity contribution in [3.05, 3.63) is 57.1 Å². The molecule has 3 aromatic rings. The third kappa shape index (κ3) is 3.49. The molecule has 0 radical (unpaired) electrons. The van der Waals surface area contributed by atoms with Crippen LogP contribution in [0, 0.1) is 0 Å². The van der Waals surface area contributed by atoms with E-state index >= 15 is 0 Å². The number of thiophene rings is 1. The second-order valence-electron chi connectivity index (χ2n) is 5.37. The van der Waals surface area contributed by atoms with Gasteiger partial charge in [-0.15, -0.1) is 11.3 Å². The first-order chi connectivity index (χ1) is 11.7. The lowest BCUT2D eigenvalue weighted by molar-refractivity contribution is -0.115. The maximum atomic E-state index is 12.3. The molecule has 0 unspecified atom stereocenters. The molecule has 0 saturated carbocycles. The number of amides is 1. The van der Waals surface area contributed by atoms with E-state index in [4.69, 9.17) is 4.42 Å². The summed E-state index contributed by atoms with van der Waals surface area (Å²) in [5.41, 5.74) is 0.733. The summed E-state index contributed by atoms with van der Waals surface area (Å²) in [7, 11) is 0. The molecular formula is C18H18N2O3S. The summed E-state index contributed by atoms with van der Waals surface area (Å²) >= 11 is 1.51. The number of para-hydroxylation sites is 1. The van der Waals surface area contributed by atoms with Gasteiger partial charge in [0.25, 0.3) is 0 Å². The first-order valence-electron chi connectivity index (χ1n) is 7.81. The van der Waals surface area contributed by atoms with Crippen LogP contribution in [-0.2, 0) is 11.2 Å². The average Bonchev–Trinajstić information content (AvgIpc) is 3.07. The molecule has 0 aliphatic rings. The van der Waals surface area contributed by atoms with Crippen molar-refractivity contribution in [2.24, 2.45) is 0 Å². The number of rotatable bonds is 6. The molecule has 0 saturated heterocycles. The Balaban J connectivity index is 1.97. The van der Waals surface area contributed by atoms with Gasteiger partial charge in [0.15, 0.2) is 5.69 Å². The molecule has 0 bridgehead atoms. The second-order valence-corrected chi connectivity index (χ2v) is 6.40. The lowest BCUT2D eigenvalue weighted by atomic mass is 10.1. The maximum absolute atomic E-state index is 12.3. The van der Waals surface area contributed by atoms with Crippen molar-refractivity contribution in [1.29, 1.82) is 0 Å². The summed E-state index contributed by atoms with van der Waals surface area (Å²) in [5.74, 6) is -0.237. The lowest BCUT2D eigenvalue weighted by Gasteiger charge is -2.13. The number of hydrogen-bond acceptors (Lipinski definition) is 5. The van der Waals surface area contributed by atoms with E-state index < -0.39 is 5.63 Å². The molecule has 24 heavy (non-hydrogen) atoms. The minimum absolute atomic E-state index is 0.170. The second kappa shape index (κ2) is 7.31. The molecule has 0 aliphatic heterocycles. The number of anilines is 2. The highest BCUT2D eigenvalue weighted by atomic mass is 32.1. The Morgan fingerprint density at radius 3 is 2.75 bits per heavy atom. The van der Waals surface area contributed by atoms with Crippen LogP contribution in [0.1, 0.15) is 18.2 Å². The molecule has 1 aromatic carbocycles. The topological polar surface area (TPSA) is 71.3 Å². The fourth-order valence-electron chi connectivity index (χ4n) is 2.45. The Morgan fingerprint density at radius 1 is 1.17 bits per heavy atom. The van der Waals surface area contributed by atoms with Crippen LogP contribution in [-0.4, -0.2) is 12.5 Å². The normalized spacial score (nSPS) is 10.7. The summed E-state index contributed by atoms with van der Waals surface area (Å²) in [6, 6.07) is 11.1. The van der Waals surface area contributed by atoms with Gasteiger partial charge in [-0.2, -0.15) is 0 Å². The van der Waals surface area contributed by atoms with E-state index in [0.29, 0.717) is 17.8 Å². The van der Waals surface area contributed by atoms with E-state index in [1.54, 1.807) is 6.07 Å². The van der Waals surface area contributed by atoms with Crippen LogP contribution in [0.15, 0.2) is 51.0 Å². The third-order valence-corrected chi connectivity index (χ3v) is 4.42. The zero-order valence-corrected chi connectivity index (χ0v) is 14.1.